The number of carbonyl (C=O) groups excluding carboxylic acids is 2. The predicted octanol–water partition coefficient (Wildman–Crippen LogP) is 3.29. The molecule has 1 atom stereocenters. The van der Waals surface area contributed by atoms with Crippen LogP contribution in [0.1, 0.15) is 30.4 Å². The van der Waals surface area contributed by atoms with E-state index in [9.17, 15) is 9.59 Å². The summed E-state index contributed by atoms with van der Waals surface area (Å²) in [5.41, 5.74) is 2.72. The minimum atomic E-state index is -0.330. The van der Waals surface area contributed by atoms with Gasteiger partial charge in [0.05, 0.1) is 12.2 Å². The first-order valence-corrected chi connectivity index (χ1v) is 9.74. The molecule has 2 aromatic carbocycles. The zero-order chi connectivity index (χ0) is 19.5. The average molecular weight is 376 g/mol. The van der Waals surface area contributed by atoms with Crippen molar-refractivity contribution in [2.24, 2.45) is 0 Å². The lowest BCUT2D eigenvalue weighted by molar-refractivity contribution is -0.140. The Morgan fingerprint density at radius 1 is 1.04 bits per heavy atom. The van der Waals surface area contributed by atoms with Gasteiger partial charge in [-0.15, -0.1) is 0 Å². The van der Waals surface area contributed by atoms with E-state index in [0.717, 1.165) is 11.1 Å². The Hall–Kier alpha value is -3.08. The molecule has 2 aliphatic heterocycles. The number of benzene rings is 2. The molecule has 1 unspecified atom stereocenters. The summed E-state index contributed by atoms with van der Waals surface area (Å²) in [6.07, 6.45) is 0.292. The molecule has 0 saturated carbocycles. The molecule has 5 nitrogen and oxygen atoms in total. The summed E-state index contributed by atoms with van der Waals surface area (Å²) in [5.74, 6) is 0.166. The molecule has 1 amide bonds. The fourth-order valence-corrected chi connectivity index (χ4v) is 4.07. The molecule has 0 aliphatic carbocycles. The van der Waals surface area contributed by atoms with Crippen LogP contribution in [0.5, 0.6) is 0 Å². The highest BCUT2D eigenvalue weighted by Gasteiger charge is 2.43. The van der Waals surface area contributed by atoms with Gasteiger partial charge in [-0.3, -0.25) is 9.69 Å². The first kappa shape index (κ1) is 18.3. The van der Waals surface area contributed by atoms with Crippen LogP contribution in [0.25, 0.3) is 0 Å². The molecule has 144 valence electrons. The Bertz CT molecular complexity index is 893. The molecule has 28 heavy (non-hydrogen) atoms. The maximum atomic E-state index is 13.0. The van der Waals surface area contributed by atoms with E-state index in [2.05, 4.69) is 17.0 Å². The number of carbonyl (C=O) groups is 2. The number of hydrogen-bond acceptors (Lipinski definition) is 4. The molecule has 0 aromatic heterocycles. The van der Waals surface area contributed by atoms with Crippen LogP contribution in [-0.4, -0.2) is 41.4 Å². The van der Waals surface area contributed by atoms with Crippen molar-refractivity contribution in [3.63, 3.8) is 0 Å². The molecule has 0 N–H and O–H groups in total. The molecule has 1 fully saturated rings. The van der Waals surface area contributed by atoms with Crippen LogP contribution in [0.4, 0.5) is 0 Å². The maximum Gasteiger partial charge on any atom is 0.338 e. The van der Waals surface area contributed by atoms with Gasteiger partial charge in [0.15, 0.2) is 0 Å². The zero-order valence-electron chi connectivity index (χ0n) is 16.0. The molecule has 0 spiro atoms. The number of rotatable bonds is 5. The summed E-state index contributed by atoms with van der Waals surface area (Å²) in [4.78, 5) is 29.8. The molecule has 2 heterocycles. The van der Waals surface area contributed by atoms with Crippen LogP contribution in [0, 0.1) is 0 Å². The fraction of sp³-hybridized carbons (Fsp3) is 0.304. The van der Waals surface area contributed by atoms with E-state index in [1.165, 1.54) is 0 Å². The summed E-state index contributed by atoms with van der Waals surface area (Å²) in [6.45, 7) is 4.09. The van der Waals surface area contributed by atoms with Crippen molar-refractivity contribution in [1.29, 1.82) is 0 Å². The summed E-state index contributed by atoms with van der Waals surface area (Å²) in [7, 11) is 0. The minimum Gasteiger partial charge on any atom is -0.463 e. The summed E-state index contributed by atoms with van der Waals surface area (Å²) in [6, 6.07) is 19.9. The Labute approximate surface area is 165 Å². The van der Waals surface area contributed by atoms with Crippen LogP contribution in [0.2, 0.25) is 0 Å². The van der Waals surface area contributed by atoms with Crippen molar-refractivity contribution < 1.29 is 14.3 Å². The van der Waals surface area contributed by atoms with Crippen molar-refractivity contribution in [2.75, 3.05) is 19.7 Å². The van der Waals surface area contributed by atoms with E-state index >= 15 is 0 Å². The predicted molar refractivity (Wildman–Crippen MR) is 106 cm³/mol. The Morgan fingerprint density at radius 2 is 1.71 bits per heavy atom. The summed E-state index contributed by atoms with van der Waals surface area (Å²) < 4.78 is 5.41. The van der Waals surface area contributed by atoms with Gasteiger partial charge in [0.2, 0.25) is 5.91 Å². The highest BCUT2D eigenvalue weighted by Crippen LogP contribution is 2.40. The number of amides is 1. The number of hydrogen-bond donors (Lipinski definition) is 0. The molecular formula is C23H24N2O3. The third-order valence-corrected chi connectivity index (χ3v) is 5.33. The van der Waals surface area contributed by atoms with Crippen LogP contribution in [0.3, 0.4) is 0 Å². The topological polar surface area (TPSA) is 49.9 Å². The highest BCUT2D eigenvalue weighted by atomic mass is 16.5. The number of nitrogens with zero attached hydrogens (tertiary/aromatic N) is 2. The van der Waals surface area contributed by atoms with Gasteiger partial charge < -0.3 is 9.64 Å². The van der Waals surface area contributed by atoms with Crippen molar-refractivity contribution in [1.82, 2.24) is 9.80 Å². The third-order valence-electron chi connectivity index (χ3n) is 5.33. The molecule has 2 aromatic rings. The normalized spacial score (nSPS) is 19.0. The standard InChI is InChI=1S/C23H24N2O3/c1-2-28-23(27)21-19(18-11-7-4-8-12-18)15-20(26)25-14-13-24(22(21)25)16-17-9-5-3-6-10-17/h3-12,19H,2,13-16H2,1H3. The Balaban J connectivity index is 1.79. The van der Waals surface area contributed by atoms with E-state index in [0.29, 0.717) is 44.1 Å². The number of fused-ring (bicyclic) bond motifs is 1. The van der Waals surface area contributed by atoms with Crippen molar-refractivity contribution in [3.8, 4) is 0 Å². The molecule has 0 bridgehead atoms. The monoisotopic (exact) mass is 376 g/mol. The summed E-state index contributed by atoms with van der Waals surface area (Å²) in [5, 5.41) is 0. The van der Waals surface area contributed by atoms with E-state index in [4.69, 9.17) is 4.74 Å². The average Bonchev–Trinajstić information content (AvgIpc) is 3.13. The lowest BCUT2D eigenvalue weighted by Crippen LogP contribution is -2.39. The molecule has 2 aliphatic rings. The summed E-state index contributed by atoms with van der Waals surface area (Å²) >= 11 is 0. The van der Waals surface area contributed by atoms with Crippen LogP contribution in [0.15, 0.2) is 72.1 Å². The van der Waals surface area contributed by atoms with Gasteiger partial charge in [-0.2, -0.15) is 0 Å². The van der Waals surface area contributed by atoms with E-state index in [1.54, 1.807) is 4.90 Å². The second kappa shape index (κ2) is 7.89. The van der Waals surface area contributed by atoms with Gasteiger partial charge in [0.1, 0.15) is 5.82 Å². The lowest BCUT2D eigenvalue weighted by atomic mass is 9.85. The van der Waals surface area contributed by atoms with Gasteiger partial charge >= 0.3 is 5.97 Å². The quantitative estimate of drug-likeness (QED) is 0.752. The second-order valence-electron chi connectivity index (χ2n) is 7.08. The first-order chi connectivity index (χ1) is 13.7. The van der Waals surface area contributed by atoms with E-state index < -0.39 is 0 Å². The Kier molecular flexibility index (Phi) is 5.15. The lowest BCUT2D eigenvalue weighted by Gasteiger charge is -2.34. The molecule has 0 radical (unpaired) electrons. The largest absolute Gasteiger partial charge is 0.463 e. The number of ether oxygens (including phenoxy) is 1. The molecule has 1 saturated heterocycles. The highest BCUT2D eigenvalue weighted by molar-refractivity contribution is 5.96. The van der Waals surface area contributed by atoms with Crippen molar-refractivity contribution in [2.45, 2.75) is 25.8 Å². The smallest absolute Gasteiger partial charge is 0.338 e. The zero-order valence-corrected chi connectivity index (χ0v) is 16.0. The molecule has 4 rings (SSSR count). The third kappa shape index (κ3) is 3.40. The van der Waals surface area contributed by atoms with Gasteiger partial charge in [-0.25, -0.2) is 4.79 Å². The van der Waals surface area contributed by atoms with Gasteiger partial charge in [-0.05, 0) is 18.1 Å². The van der Waals surface area contributed by atoms with Crippen LogP contribution < -0.4 is 0 Å². The van der Waals surface area contributed by atoms with Gasteiger partial charge in [-0.1, -0.05) is 60.7 Å². The number of esters is 1. The van der Waals surface area contributed by atoms with Gasteiger partial charge in [0, 0.05) is 32.0 Å². The molecular weight excluding hydrogens is 352 g/mol. The Morgan fingerprint density at radius 3 is 2.39 bits per heavy atom. The van der Waals surface area contributed by atoms with Gasteiger partial charge in [0.25, 0.3) is 0 Å². The second-order valence-corrected chi connectivity index (χ2v) is 7.08. The maximum absolute atomic E-state index is 13.0. The van der Waals surface area contributed by atoms with Crippen LogP contribution >= 0.6 is 0 Å². The van der Waals surface area contributed by atoms with E-state index in [1.807, 2.05) is 55.5 Å². The fourth-order valence-electron chi connectivity index (χ4n) is 4.07. The minimum absolute atomic E-state index is 0.0625. The van der Waals surface area contributed by atoms with Crippen molar-refractivity contribution >= 4 is 11.9 Å². The van der Waals surface area contributed by atoms with Crippen molar-refractivity contribution in [3.05, 3.63) is 83.2 Å². The van der Waals surface area contributed by atoms with E-state index in [-0.39, 0.29) is 17.8 Å². The SMILES string of the molecule is CCOC(=O)C1=C2N(Cc3ccccc3)CCN2C(=O)CC1c1ccccc1. The first-order valence-electron chi connectivity index (χ1n) is 9.74. The van der Waals surface area contributed by atoms with Crippen LogP contribution in [-0.2, 0) is 20.9 Å². The molecule has 5 heteroatoms.